The fraction of sp³-hybridized carbons (Fsp3) is 0.143. The van der Waals surface area contributed by atoms with Crippen molar-refractivity contribution in [3.8, 4) is 11.1 Å². The van der Waals surface area contributed by atoms with Crippen LogP contribution in [0.2, 0.25) is 0 Å². The third-order valence-corrected chi connectivity index (χ3v) is 5.28. The third-order valence-electron chi connectivity index (χ3n) is 4.41. The standard InChI is InChI=1S/C21H21N5S/c1-26(12-15-8-4-2-5-9-15)13-18-23-20(25-22)19-17(14-27-21(19)24-18)16-10-6-3-7-11-16/h2-11,14H,12-13,22H2,1H3,(H,23,24,25). The van der Waals surface area contributed by atoms with Gasteiger partial charge in [-0.25, -0.2) is 15.8 Å². The molecule has 2 heterocycles. The predicted molar refractivity (Wildman–Crippen MR) is 112 cm³/mol. The molecule has 6 heteroatoms. The van der Waals surface area contributed by atoms with Gasteiger partial charge in [-0.05, 0) is 18.2 Å². The minimum atomic E-state index is 0.651. The number of aromatic nitrogens is 2. The van der Waals surface area contributed by atoms with Gasteiger partial charge in [0, 0.05) is 17.5 Å². The summed E-state index contributed by atoms with van der Waals surface area (Å²) < 4.78 is 0. The molecular weight excluding hydrogens is 354 g/mol. The molecule has 0 bridgehead atoms. The lowest BCUT2D eigenvalue weighted by Gasteiger charge is -2.16. The van der Waals surface area contributed by atoms with Crippen LogP contribution in [0.4, 0.5) is 5.82 Å². The molecule has 0 saturated heterocycles. The van der Waals surface area contributed by atoms with Crippen LogP contribution in [0.1, 0.15) is 11.4 Å². The Labute approximate surface area is 162 Å². The molecule has 2 aromatic carbocycles. The highest BCUT2D eigenvalue weighted by molar-refractivity contribution is 7.17. The van der Waals surface area contributed by atoms with Crippen LogP contribution in [0.25, 0.3) is 21.3 Å². The average Bonchev–Trinajstić information content (AvgIpc) is 3.12. The van der Waals surface area contributed by atoms with Gasteiger partial charge in [0.15, 0.2) is 5.82 Å². The Hall–Kier alpha value is -2.80. The number of nitrogens with one attached hydrogen (secondary N) is 1. The monoisotopic (exact) mass is 375 g/mol. The van der Waals surface area contributed by atoms with E-state index < -0.39 is 0 Å². The summed E-state index contributed by atoms with van der Waals surface area (Å²) in [6.07, 6.45) is 0. The van der Waals surface area contributed by atoms with E-state index in [1.807, 2.05) is 24.3 Å². The lowest BCUT2D eigenvalue weighted by molar-refractivity contribution is 0.311. The molecule has 4 rings (SSSR count). The maximum Gasteiger partial charge on any atom is 0.153 e. The largest absolute Gasteiger partial charge is 0.308 e. The van der Waals surface area contributed by atoms with Crippen LogP contribution in [0.5, 0.6) is 0 Å². The summed E-state index contributed by atoms with van der Waals surface area (Å²) in [4.78, 5) is 12.6. The maximum absolute atomic E-state index is 5.80. The summed E-state index contributed by atoms with van der Waals surface area (Å²) in [5.41, 5.74) is 6.27. The Morgan fingerprint density at radius 2 is 1.67 bits per heavy atom. The molecule has 4 aromatic rings. The number of nitrogens with two attached hydrogens (primary N) is 1. The van der Waals surface area contributed by atoms with Gasteiger partial charge >= 0.3 is 0 Å². The van der Waals surface area contributed by atoms with Crippen molar-refractivity contribution in [2.45, 2.75) is 13.1 Å². The Morgan fingerprint density at radius 3 is 2.37 bits per heavy atom. The van der Waals surface area contributed by atoms with E-state index in [4.69, 9.17) is 10.8 Å². The minimum absolute atomic E-state index is 0.651. The zero-order valence-electron chi connectivity index (χ0n) is 15.1. The van der Waals surface area contributed by atoms with Crippen LogP contribution in [-0.4, -0.2) is 21.9 Å². The first-order chi connectivity index (χ1) is 13.2. The summed E-state index contributed by atoms with van der Waals surface area (Å²) >= 11 is 1.62. The molecule has 0 saturated carbocycles. The number of rotatable bonds is 6. The number of hydrogen-bond donors (Lipinski definition) is 2. The lowest BCUT2D eigenvalue weighted by Crippen LogP contribution is -2.20. The SMILES string of the molecule is CN(Cc1ccccc1)Cc1nc(NN)c2c(-c3ccccc3)csc2n1. The molecule has 0 aliphatic rings. The fourth-order valence-corrected chi connectivity index (χ4v) is 4.15. The zero-order chi connectivity index (χ0) is 18.6. The molecular formula is C21H21N5S. The van der Waals surface area contributed by atoms with Crippen molar-refractivity contribution in [1.29, 1.82) is 0 Å². The lowest BCUT2D eigenvalue weighted by atomic mass is 10.1. The molecule has 0 atom stereocenters. The van der Waals surface area contributed by atoms with Gasteiger partial charge < -0.3 is 5.43 Å². The summed E-state index contributed by atoms with van der Waals surface area (Å²) in [6.45, 7) is 1.49. The Morgan fingerprint density at radius 1 is 0.963 bits per heavy atom. The van der Waals surface area contributed by atoms with Gasteiger partial charge in [-0.2, -0.15) is 0 Å². The van der Waals surface area contributed by atoms with Crippen LogP contribution < -0.4 is 11.3 Å². The highest BCUT2D eigenvalue weighted by Crippen LogP contribution is 2.36. The first-order valence-corrected chi connectivity index (χ1v) is 9.65. The molecule has 0 fully saturated rings. The number of thiophene rings is 1. The van der Waals surface area contributed by atoms with E-state index in [0.717, 1.165) is 33.7 Å². The van der Waals surface area contributed by atoms with Crippen molar-refractivity contribution in [2.75, 3.05) is 12.5 Å². The van der Waals surface area contributed by atoms with Crippen molar-refractivity contribution < 1.29 is 0 Å². The van der Waals surface area contributed by atoms with Gasteiger partial charge in [0.1, 0.15) is 10.7 Å². The quantitative estimate of drug-likeness (QED) is 0.389. The number of fused-ring (bicyclic) bond motifs is 1. The smallest absolute Gasteiger partial charge is 0.153 e. The first kappa shape index (κ1) is 17.6. The number of nitrogen functional groups attached to an aromatic ring is 1. The fourth-order valence-electron chi connectivity index (χ4n) is 3.18. The third kappa shape index (κ3) is 3.83. The van der Waals surface area contributed by atoms with E-state index in [1.54, 1.807) is 11.3 Å². The first-order valence-electron chi connectivity index (χ1n) is 8.77. The molecule has 0 unspecified atom stereocenters. The van der Waals surface area contributed by atoms with Crippen LogP contribution in [0.3, 0.4) is 0 Å². The van der Waals surface area contributed by atoms with E-state index in [9.17, 15) is 0 Å². The Balaban J connectivity index is 1.64. The van der Waals surface area contributed by atoms with Gasteiger partial charge in [-0.1, -0.05) is 60.7 Å². The number of hydrogen-bond acceptors (Lipinski definition) is 6. The zero-order valence-corrected chi connectivity index (χ0v) is 15.9. The summed E-state index contributed by atoms with van der Waals surface area (Å²) in [5, 5.41) is 3.09. The predicted octanol–water partition coefficient (Wildman–Crippen LogP) is 4.28. The van der Waals surface area contributed by atoms with Gasteiger partial charge in [0.05, 0.1) is 11.9 Å². The van der Waals surface area contributed by atoms with Crippen LogP contribution >= 0.6 is 11.3 Å². The second-order valence-electron chi connectivity index (χ2n) is 6.49. The summed E-state index contributed by atoms with van der Waals surface area (Å²) in [7, 11) is 2.07. The van der Waals surface area contributed by atoms with E-state index in [-0.39, 0.29) is 0 Å². The van der Waals surface area contributed by atoms with Gasteiger partial charge in [0.2, 0.25) is 0 Å². The molecule has 3 N–H and O–H groups in total. The molecule has 0 spiro atoms. The number of nitrogens with zero attached hydrogens (tertiary/aromatic N) is 3. The van der Waals surface area contributed by atoms with Crippen LogP contribution in [-0.2, 0) is 13.1 Å². The molecule has 0 amide bonds. The average molecular weight is 376 g/mol. The molecule has 2 aromatic heterocycles. The number of hydrazine groups is 1. The van der Waals surface area contributed by atoms with Gasteiger partial charge in [-0.15, -0.1) is 11.3 Å². The maximum atomic E-state index is 5.80. The van der Waals surface area contributed by atoms with Crippen molar-refractivity contribution in [2.24, 2.45) is 5.84 Å². The second kappa shape index (κ2) is 7.84. The van der Waals surface area contributed by atoms with Crippen LogP contribution in [0, 0.1) is 0 Å². The second-order valence-corrected chi connectivity index (χ2v) is 7.34. The molecule has 0 aliphatic heterocycles. The van der Waals surface area contributed by atoms with E-state index in [1.165, 1.54) is 5.56 Å². The number of anilines is 1. The number of benzene rings is 2. The minimum Gasteiger partial charge on any atom is -0.308 e. The molecule has 5 nitrogen and oxygen atoms in total. The molecule has 136 valence electrons. The van der Waals surface area contributed by atoms with Crippen molar-refractivity contribution >= 4 is 27.4 Å². The van der Waals surface area contributed by atoms with E-state index >= 15 is 0 Å². The normalized spacial score (nSPS) is 11.2. The molecule has 0 aliphatic carbocycles. The molecule has 0 radical (unpaired) electrons. The van der Waals surface area contributed by atoms with Gasteiger partial charge in [-0.3, -0.25) is 4.90 Å². The van der Waals surface area contributed by atoms with Crippen molar-refractivity contribution in [3.05, 3.63) is 77.4 Å². The van der Waals surface area contributed by atoms with Crippen molar-refractivity contribution in [1.82, 2.24) is 14.9 Å². The van der Waals surface area contributed by atoms with Gasteiger partial charge in [0.25, 0.3) is 0 Å². The molecule has 27 heavy (non-hydrogen) atoms. The summed E-state index contributed by atoms with van der Waals surface area (Å²) in [5.74, 6) is 7.23. The van der Waals surface area contributed by atoms with Crippen LogP contribution in [0.15, 0.2) is 66.0 Å². The Kier molecular flexibility index (Phi) is 5.11. The van der Waals surface area contributed by atoms with Crippen molar-refractivity contribution in [3.63, 3.8) is 0 Å². The summed E-state index contributed by atoms with van der Waals surface area (Å²) in [6, 6.07) is 20.6. The highest BCUT2D eigenvalue weighted by atomic mass is 32.1. The Bertz CT molecular complexity index is 1030. The van der Waals surface area contributed by atoms with E-state index in [0.29, 0.717) is 12.4 Å². The van der Waals surface area contributed by atoms with E-state index in [2.05, 4.69) is 64.1 Å². The highest BCUT2D eigenvalue weighted by Gasteiger charge is 2.15. The topological polar surface area (TPSA) is 67.1 Å².